The van der Waals surface area contributed by atoms with Gasteiger partial charge in [0.25, 0.3) is 0 Å². The summed E-state index contributed by atoms with van der Waals surface area (Å²) < 4.78 is 0. The lowest BCUT2D eigenvalue weighted by Gasteiger charge is -2.18. The van der Waals surface area contributed by atoms with E-state index >= 15 is 0 Å². The third-order valence-electron chi connectivity index (χ3n) is 4.66. The number of hydrogen-bond donors (Lipinski definition) is 0. The molecule has 1 heterocycles. The molecule has 0 N–H and O–H groups in total. The van der Waals surface area contributed by atoms with Crippen LogP contribution < -0.4 is 0 Å². The molecular weight excluding hydrogens is 266 g/mol. The zero-order valence-corrected chi connectivity index (χ0v) is 14.4. The van der Waals surface area contributed by atoms with E-state index in [0.29, 0.717) is 0 Å². The summed E-state index contributed by atoms with van der Waals surface area (Å²) in [7, 11) is 0. The van der Waals surface area contributed by atoms with Crippen molar-refractivity contribution in [3.63, 3.8) is 0 Å². The van der Waals surface area contributed by atoms with Crippen LogP contribution in [0.2, 0.25) is 0 Å². The molecule has 22 heavy (non-hydrogen) atoms. The number of pyridine rings is 1. The van der Waals surface area contributed by atoms with E-state index in [1.165, 1.54) is 68.7 Å². The zero-order valence-electron chi connectivity index (χ0n) is 14.4. The van der Waals surface area contributed by atoms with Gasteiger partial charge in [-0.2, -0.15) is 0 Å². The van der Waals surface area contributed by atoms with E-state index < -0.39 is 0 Å². The van der Waals surface area contributed by atoms with Gasteiger partial charge in [0.2, 0.25) is 0 Å². The SMILES string of the molecule is CCCCCCCC(CCCC)c1ccc2ncccc2c1. The van der Waals surface area contributed by atoms with Crippen molar-refractivity contribution in [2.45, 2.75) is 77.6 Å². The van der Waals surface area contributed by atoms with E-state index in [2.05, 4.69) is 43.1 Å². The molecular formula is C21H31N. The first-order valence-corrected chi connectivity index (χ1v) is 9.19. The van der Waals surface area contributed by atoms with Gasteiger partial charge in [-0.3, -0.25) is 4.98 Å². The van der Waals surface area contributed by atoms with Crippen LogP contribution in [0.5, 0.6) is 0 Å². The Morgan fingerprint density at radius 3 is 2.45 bits per heavy atom. The van der Waals surface area contributed by atoms with Gasteiger partial charge >= 0.3 is 0 Å². The summed E-state index contributed by atoms with van der Waals surface area (Å²) in [4.78, 5) is 4.44. The van der Waals surface area contributed by atoms with Crippen molar-refractivity contribution < 1.29 is 0 Å². The summed E-state index contributed by atoms with van der Waals surface area (Å²) in [5, 5.41) is 1.28. The monoisotopic (exact) mass is 297 g/mol. The summed E-state index contributed by atoms with van der Waals surface area (Å²) >= 11 is 0. The van der Waals surface area contributed by atoms with Crippen LogP contribution in [0.25, 0.3) is 10.9 Å². The Kier molecular flexibility index (Phi) is 7.42. The molecule has 0 aliphatic heterocycles. The molecule has 0 bridgehead atoms. The maximum atomic E-state index is 4.44. The molecule has 2 aromatic rings. The van der Waals surface area contributed by atoms with E-state index in [1.807, 2.05) is 12.3 Å². The van der Waals surface area contributed by atoms with Crippen molar-refractivity contribution in [1.82, 2.24) is 4.98 Å². The highest BCUT2D eigenvalue weighted by atomic mass is 14.6. The molecule has 1 aromatic heterocycles. The summed E-state index contributed by atoms with van der Waals surface area (Å²) in [6, 6.07) is 11.1. The highest BCUT2D eigenvalue weighted by Crippen LogP contribution is 2.30. The fourth-order valence-corrected chi connectivity index (χ4v) is 3.27. The van der Waals surface area contributed by atoms with E-state index in [0.717, 1.165) is 11.4 Å². The highest BCUT2D eigenvalue weighted by molar-refractivity contribution is 5.79. The first-order chi connectivity index (χ1) is 10.8. The molecule has 0 radical (unpaired) electrons. The Labute approximate surface area is 136 Å². The number of aromatic nitrogens is 1. The van der Waals surface area contributed by atoms with Crippen LogP contribution in [0, 0.1) is 0 Å². The molecule has 2 rings (SSSR count). The van der Waals surface area contributed by atoms with Gasteiger partial charge in [0.15, 0.2) is 0 Å². The Morgan fingerprint density at radius 2 is 1.64 bits per heavy atom. The van der Waals surface area contributed by atoms with Gasteiger partial charge in [-0.15, -0.1) is 0 Å². The Bertz CT molecular complexity index is 546. The molecule has 1 nitrogen and oxygen atoms in total. The molecule has 0 aliphatic carbocycles. The number of rotatable bonds is 10. The minimum atomic E-state index is 0.728. The second kappa shape index (κ2) is 9.61. The largest absolute Gasteiger partial charge is 0.256 e. The molecule has 1 atom stereocenters. The number of fused-ring (bicyclic) bond motifs is 1. The van der Waals surface area contributed by atoms with Crippen molar-refractivity contribution >= 4 is 10.9 Å². The number of unbranched alkanes of at least 4 members (excludes halogenated alkanes) is 5. The predicted octanol–water partition coefficient (Wildman–Crippen LogP) is 6.87. The standard InChI is InChI=1S/C21H31N/c1-3-5-7-8-9-12-18(11-6-4-2)19-14-15-21-20(17-19)13-10-16-22-21/h10,13-18H,3-9,11-12H2,1-2H3. The maximum absolute atomic E-state index is 4.44. The summed E-state index contributed by atoms with van der Waals surface area (Å²) in [6.45, 7) is 4.58. The van der Waals surface area contributed by atoms with Crippen LogP contribution in [0.4, 0.5) is 0 Å². The first-order valence-electron chi connectivity index (χ1n) is 9.19. The van der Waals surface area contributed by atoms with Crippen molar-refractivity contribution in [3.05, 3.63) is 42.1 Å². The molecule has 0 aliphatic rings. The van der Waals surface area contributed by atoms with E-state index in [-0.39, 0.29) is 0 Å². The molecule has 0 amide bonds. The van der Waals surface area contributed by atoms with E-state index in [9.17, 15) is 0 Å². The second-order valence-corrected chi connectivity index (χ2v) is 6.50. The van der Waals surface area contributed by atoms with Gasteiger partial charge in [-0.25, -0.2) is 0 Å². The number of benzene rings is 1. The first kappa shape index (κ1) is 17.0. The minimum absolute atomic E-state index is 0.728. The van der Waals surface area contributed by atoms with Gasteiger partial charge in [-0.05, 0) is 42.5 Å². The van der Waals surface area contributed by atoms with Crippen molar-refractivity contribution in [1.29, 1.82) is 0 Å². The fraction of sp³-hybridized carbons (Fsp3) is 0.571. The topological polar surface area (TPSA) is 12.9 Å². The Balaban J connectivity index is 2.02. The summed E-state index contributed by atoms with van der Waals surface area (Å²) in [5.74, 6) is 0.728. The third kappa shape index (κ3) is 5.12. The Morgan fingerprint density at radius 1 is 0.864 bits per heavy atom. The lowest BCUT2D eigenvalue weighted by atomic mass is 9.88. The number of nitrogens with zero attached hydrogens (tertiary/aromatic N) is 1. The smallest absolute Gasteiger partial charge is 0.0702 e. The molecule has 0 saturated heterocycles. The van der Waals surface area contributed by atoms with Gasteiger partial charge in [0.1, 0.15) is 0 Å². The predicted molar refractivity (Wildman–Crippen MR) is 97.4 cm³/mol. The molecule has 120 valence electrons. The molecule has 0 saturated carbocycles. The van der Waals surface area contributed by atoms with Crippen molar-refractivity contribution in [2.24, 2.45) is 0 Å². The van der Waals surface area contributed by atoms with Crippen LogP contribution in [0.15, 0.2) is 36.5 Å². The van der Waals surface area contributed by atoms with Crippen LogP contribution in [0.1, 0.15) is 83.1 Å². The van der Waals surface area contributed by atoms with Crippen LogP contribution in [0.3, 0.4) is 0 Å². The average Bonchev–Trinajstić information content (AvgIpc) is 2.57. The molecule has 1 aromatic carbocycles. The molecule has 0 spiro atoms. The average molecular weight is 297 g/mol. The van der Waals surface area contributed by atoms with Crippen molar-refractivity contribution in [3.8, 4) is 0 Å². The molecule has 0 fully saturated rings. The quantitative estimate of drug-likeness (QED) is 0.436. The van der Waals surface area contributed by atoms with E-state index in [4.69, 9.17) is 0 Å². The van der Waals surface area contributed by atoms with Crippen LogP contribution >= 0.6 is 0 Å². The highest BCUT2D eigenvalue weighted by Gasteiger charge is 2.11. The molecule has 1 unspecified atom stereocenters. The minimum Gasteiger partial charge on any atom is -0.256 e. The fourth-order valence-electron chi connectivity index (χ4n) is 3.27. The number of hydrogen-bond acceptors (Lipinski definition) is 1. The normalized spacial score (nSPS) is 12.6. The van der Waals surface area contributed by atoms with E-state index in [1.54, 1.807) is 0 Å². The lowest BCUT2D eigenvalue weighted by Crippen LogP contribution is -2.00. The van der Waals surface area contributed by atoms with Crippen LogP contribution in [-0.2, 0) is 0 Å². The summed E-state index contributed by atoms with van der Waals surface area (Å²) in [6.07, 6.45) is 14.1. The van der Waals surface area contributed by atoms with Crippen molar-refractivity contribution in [2.75, 3.05) is 0 Å². The van der Waals surface area contributed by atoms with Gasteiger partial charge < -0.3 is 0 Å². The second-order valence-electron chi connectivity index (χ2n) is 6.50. The maximum Gasteiger partial charge on any atom is 0.0702 e. The molecule has 1 heteroatoms. The summed E-state index contributed by atoms with van der Waals surface area (Å²) in [5.41, 5.74) is 2.63. The Hall–Kier alpha value is -1.37. The van der Waals surface area contributed by atoms with Gasteiger partial charge in [0, 0.05) is 11.6 Å². The van der Waals surface area contributed by atoms with Gasteiger partial charge in [-0.1, -0.05) is 70.9 Å². The third-order valence-corrected chi connectivity index (χ3v) is 4.66. The van der Waals surface area contributed by atoms with Gasteiger partial charge in [0.05, 0.1) is 5.52 Å². The zero-order chi connectivity index (χ0) is 15.6. The van der Waals surface area contributed by atoms with Crippen LogP contribution in [-0.4, -0.2) is 4.98 Å². The lowest BCUT2D eigenvalue weighted by molar-refractivity contribution is 0.505.